The molecule has 5 nitrogen and oxygen atoms in total. The largest absolute Gasteiger partial charge is 0.370 e. The summed E-state index contributed by atoms with van der Waals surface area (Å²) in [6, 6.07) is 3.64. The summed E-state index contributed by atoms with van der Waals surface area (Å²) in [4.78, 5) is 3.76. The number of hydrogen-bond donors (Lipinski definition) is 2. The van der Waals surface area contributed by atoms with Crippen LogP contribution in [0, 0.1) is 22.7 Å². The van der Waals surface area contributed by atoms with Gasteiger partial charge in [0.2, 0.25) is 0 Å². The highest BCUT2D eigenvalue weighted by molar-refractivity contribution is 5.76. The molecule has 0 radical (unpaired) electrons. The lowest BCUT2D eigenvalue weighted by Gasteiger charge is -2.02. The second-order valence-electron chi connectivity index (χ2n) is 2.96. The van der Waals surface area contributed by atoms with Crippen LogP contribution in [0.5, 0.6) is 0 Å². The van der Waals surface area contributed by atoms with Crippen LogP contribution in [-0.2, 0) is 0 Å². The number of nitrogens with zero attached hydrogens (tertiary/aromatic N) is 3. The van der Waals surface area contributed by atoms with Crippen LogP contribution in [0.3, 0.4) is 0 Å². The van der Waals surface area contributed by atoms with E-state index in [2.05, 4.69) is 11.1 Å². The third-order valence-electron chi connectivity index (χ3n) is 1.72. The highest BCUT2D eigenvalue weighted by Gasteiger charge is 2.04. The molecule has 0 aliphatic carbocycles. The summed E-state index contributed by atoms with van der Waals surface area (Å²) in [6.07, 6.45) is 3.90. The summed E-state index contributed by atoms with van der Waals surface area (Å²) in [6.45, 7) is 0. The molecule has 0 heterocycles. The zero-order valence-electron chi connectivity index (χ0n) is 8.11. The number of nitriles is 2. The summed E-state index contributed by atoms with van der Waals surface area (Å²) in [7, 11) is 0. The van der Waals surface area contributed by atoms with Gasteiger partial charge in [-0.3, -0.25) is 0 Å². The van der Waals surface area contributed by atoms with Gasteiger partial charge in [0.15, 0.2) is 5.96 Å². The number of hydrogen-bond acceptors (Lipinski definition) is 3. The van der Waals surface area contributed by atoms with Crippen molar-refractivity contribution in [2.24, 2.45) is 16.5 Å². The number of rotatable bonds is 6. The van der Waals surface area contributed by atoms with E-state index in [9.17, 15) is 0 Å². The summed E-state index contributed by atoms with van der Waals surface area (Å²) in [5.41, 5.74) is 10.3. The molecule has 0 aromatic rings. The SMILES string of the molecule is N#CCCCCCC(C#N)N=C(N)N. The monoisotopic (exact) mass is 193 g/mol. The van der Waals surface area contributed by atoms with Gasteiger partial charge < -0.3 is 11.5 Å². The van der Waals surface area contributed by atoms with E-state index < -0.39 is 6.04 Å². The zero-order chi connectivity index (χ0) is 10.8. The van der Waals surface area contributed by atoms with Gasteiger partial charge in [-0.1, -0.05) is 12.8 Å². The second-order valence-corrected chi connectivity index (χ2v) is 2.96. The Morgan fingerprint density at radius 1 is 1.21 bits per heavy atom. The maximum absolute atomic E-state index is 8.66. The molecule has 1 atom stereocenters. The van der Waals surface area contributed by atoms with Crippen molar-refractivity contribution in [3.63, 3.8) is 0 Å². The average Bonchev–Trinajstić information content (AvgIpc) is 2.15. The first-order valence-corrected chi connectivity index (χ1v) is 4.56. The molecule has 0 aliphatic rings. The molecule has 1 unspecified atom stereocenters. The van der Waals surface area contributed by atoms with E-state index >= 15 is 0 Å². The summed E-state index contributed by atoms with van der Waals surface area (Å²) < 4.78 is 0. The minimum Gasteiger partial charge on any atom is -0.370 e. The zero-order valence-corrected chi connectivity index (χ0v) is 8.11. The van der Waals surface area contributed by atoms with Crippen LogP contribution < -0.4 is 11.5 Å². The molecule has 0 rings (SSSR count). The summed E-state index contributed by atoms with van der Waals surface area (Å²) in [5.74, 6) is -0.0476. The van der Waals surface area contributed by atoms with E-state index in [4.69, 9.17) is 22.0 Å². The maximum Gasteiger partial charge on any atom is 0.187 e. The van der Waals surface area contributed by atoms with E-state index in [1.165, 1.54) is 0 Å². The fraction of sp³-hybridized carbons (Fsp3) is 0.667. The standard InChI is InChI=1S/C9H15N5/c10-6-4-2-1-3-5-8(7-11)14-9(12)13/h8H,1-5H2,(H4,12,13,14). The number of unbranched alkanes of at least 4 members (excludes halogenated alkanes) is 3. The Hall–Kier alpha value is -1.75. The Morgan fingerprint density at radius 3 is 2.43 bits per heavy atom. The molecule has 0 amide bonds. The molecule has 0 aromatic heterocycles. The van der Waals surface area contributed by atoms with Gasteiger partial charge in [0.1, 0.15) is 6.04 Å². The van der Waals surface area contributed by atoms with Gasteiger partial charge in [-0.05, 0) is 12.8 Å². The molecule has 0 saturated heterocycles. The lowest BCUT2D eigenvalue weighted by atomic mass is 10.1. The van der Waals surface area contributed by atoms with E-state index in [0.717, 1.165) is 19.3 Å². The molecule has 5 heteroatoms. The van der Waals surface area contributed by atoms with E-state index in [1.807, 2.05) is 6.07 Å². The normalized spacial score (nSPS) is 11.0. The Bertz CT molecular complexity index is 253. The smallest absolute Gasteiger partial charge is 0.187 e. The van der Waals surface area contributed by atoms with Crippen molar-refractivity contribution in [2.45, 2.75) is 38.1 Å². The van der Waals surface area contributed by atoms with Crippen LogP contribution in [-0.4, -0.2) is 12.0 Å². The third-order valence-corrected chi connectivity index (χ3v) is 1.72. The fourth-order valence-corrected chi connectivity index (χ4v) is 1.06. The molecule has 0 aliphatic heterocycles. The van der Waals surface area contributed by atoms with Gasteiger partial charge in [0.25, 0.3) is 0 Å². The van der Waals surface area contributed by atoms with Crippen LogP contribution in [0.2, 0.25) is 0 Å². The van der Waals surface area contributed by atoms with E-state index in [0.29, 0.717) is 12.8 Å². The van der Waals surface area contributed by atoms with Crippen molar-refractivity contribution in [3.05, 3.63) is 0 Å². The van der Waals surface area contributed by atoms with Gasteiger partial charge in [-0.2, -0.15) is 10.5 Å². The fourth-order valence-electron chi connectivity index (χ4n) is 1.06. The lowest BCUT2D eigenvalue weighted by molar-refractivity contribution is 0.616. The first-order chi connectivity index (χ1) is 6.70. The van der Waals surface area contributed by atoms with Crippen molar-refractivity contribution < 1.29 is 0 Å². The van der Waals surface area contributed by atoms with Crippen LogP contribution >= 0.6 is 0 Å². The maximum atomic E-state index is 8.66. The quantitative estimate of drug-likeness (QED) is 0.366. The number of guanidine groups is 1. The molecular formula is C9H15N5. The lowest BCUT2D eigenvalue weighted by Crippen LogP contribution is -2.25. The average molecular weight is 193 g/mol. The molecule has 0 fully saturated rings. The Kier molecular flexibility index (Phi) is 6.89. The molecule has 0 spiro atoms. The van der Waals surface area contributed by atoms with Gasteiger partial charge in [0, 0.05) is 6.42 Å². The molecule has 0 bridgehead atoms. The summed E-state index contributed by atoms with van der Waals surface area (Å²) >= 11 is 0. The molecule has 0 saturated carbocycles. The first-order valence-electron chi connectivity index (χ1n) is 4.56. The number of nitrogens with two attached hydrogens (primary N) is 2. The Balaban J connectivity index is 3.61. The van der Waals surface area contributed by atoms with Crippen molar-refractivity contribution in [2.75, 3.05) is 0 Å². The van der Waals surface area contributed by atoms with Crippen molar-refractivity contribution in [1.82, 2.24) is 0 Å². The van der Waals surface area contributed by atoms with E-state index in [-0.39, 0.29) is 5.96 Å². The molecular weight excluding hydrogens is 178 g/mol. The van der Waals surface area contributed by atoms with Crippen LogP contribution in [0.15, 0.2) is 4.99 Å². The summed E-state index contributed by atoms with van der Waals surface area (Å²) in [5, 5.41) is 16.9. The number of aliphatic imine (C=N–C) groups is 1. The van der Waals surface area contributed by atoms with E-state index in [1.54, 1.807) is 0 Å². The molecule has 4 N–H and O–H groups in total. The van der Waals surface area contributed by atoms with Gasteiger partial charge in [-0.25, -0.2) is 4.99 Å². The Morgan fingerprint density at radius 2 is 1.93 bits per heavy atom. The highest BCUT2D eigenvalue weighted by Crippen LogP contribution is 2.07. The van der Waals surface area contributed by atoms with Crippen molar-refractivity contribution >= 4 is 5.96 Å². The van der Waals surface area contributed by atoms with Gasteiger partial charge in [-0.15, -0.1) is 0 Å². The topological polar surface area (TPSA) is 112 Å². The predicted molar refractivity (Wildman–Crippen MR) is 53.9 cm³/mol. The minimum atomic E-state index is -0.443. The second kappa shape index (κ2) is 7.88. The minimum absolute atomic E-state index is 0.0476. The van der Waals surface area contributed by atoms with Crippen molar-refractivity contribution in [3.8, 4) is 12.1 Å². The van der Waals surface area contributed by atoms with Crippen molar-refractivity contribution in [1.29, 1.82) is 10.5 Å². The molecule has 14 heavy (non-hydrogen) atoms. The first kappa shape index (κ1) is 12.2. The third kappa shape index (κ3) is 6.93. The van der Waals surface area contributed by atoms with Crippen LogP contribution in [0.4, 0.5) is 0 Å². The Labute approximate surface area is 84.0 Å². The van der Waals surface area contributed by atoms with Crippen LogP contribution in [0.1, 0.15) is 32.1 Å². The van der Waals surface area contributed by atoms with Gasteiger partial charge >= 0.3 is 0 Å². The molecule has 76 valence electrons. The predicted octanol–water partition coefficient (Wildman–Crippen LogP) is 0.626. The van der Waals surface area contributed by atoms with Crippen LogP contribution in [0.25, 0.3) is 0 Å². The van der Waals surface area contributed by atoms with Gasteiger partial charge in [0.05, 0.1) is 12.1 Å². The molecule has 0 aromatic carbocycles. The highest BCUT2D eigenvalue weighted by atomic mass is 15.0.